The molecule has 65 valence electrons. The van der Waals surface area contributed by atoms with Crippen molar-refractivity contribution in [1.29, 1.82) is 0 Å². The van der Waals surface area contributed by atoms with Crippen LogP contribution in [0.4, 0.5) is 0 Å². The zero-order valence-corrected chi connectivity index (χ0v) is 9.09. The molecule has 0 amide bonds. The topological polar surface area (TPSA) is 46.5 Å². The molecule has 0 spiro atoms. The van der Waals surface area contributed by atoms with Gasteiger partial charge in [0.1, 0.15) is 10.5 Å². The van der Waals surface area contributed by atoms with Gasteiger partial charge in [-0.3, -0.25) is 0 Å². The van der Waals surface area contributed by atoms with Crippen LogP contribution in [0.15, 0.2) is 12.2 Å². The van der Waals surface area contributed by atoms with Gasteiger partial charge in [-0.2, -0.15) is 0 Å². The van der Waals surface area contributed by atoms with E-state index in [0.29, 0.717) is 29.1 Å². The van der Waals surface area contributed by atoms with E-state index in [4.69, 9.17) is 4.80 Å². The van der Waals surface area contributed by atoms with Gasteiger partial charge in [0.2, 0.25) is 0 Å². The van der Waals surface area contributed by atoms with Crippen molar-refractivity contribution in [2.45, 2.75) is 13.3 Å². The summed E-state index contributed by atoms with van der Waals surface area (Å²) < 4.78 is 4.65. The SMILES string of the molecule is O[SiH3].[CH2]CCOC(=O)C(=C)C. The molecule has 1 N–H and O–H groups in total. The standard InChI is InChI=1S/C7H11O2.H4OSi/c1-4-5-9-7(8)6(2)3;1-2/h1-2,4-5H2,3H3;1H,2H3. The third kappa shape index (κ3) is 9.39. The van der Waals surface area contributed by atoms with E-state index >= 15 is 0 Å². The van der Waals surface area contributed by atoms with E-state index in [-0.39, 0.29) is 5.97 Å². The fraction of sp³-hybridized carbons (Fsp3) is 0.429. The van der Waals surface area contributed by atoms with Crippen LogP contribution in [0.5, 0.6) is 0 Å². The van der Waals surface area contributed by atoms with Crippen molar-refractivity contribution < 1.29 is 14.3 Å². The Morgan fingerprint density at radius 1 is 1.64 bits per heavy atom. The Balaban J connectivity index is 0. The highest BCUT2D eigenvalue weighted by Crippen LogP contribution is 1.91. The Kier molecular flexibility index (Phi) is 11.1. The van der Waals surface area contributed by atoms with E-state index in [1.54, 1.807) is 6.92 Å². The molecule has 11 heavy (non-hydrogen) atoms. The molecule has 0 atom stereocenters. The molecular formula is C7H15O3Si. The summed E-state index contributed by atoms with van der Waals surface area (Å²) in [6.07, 6.45) is 0.610. The van der Waals surface area contributed by atoms with E-state index in [0.717, 1.165) is 0 Å². The summed E-state index contributed by atoms with van der Waals surface area (Å²) in [7, 11) is 0.306. The number of carbonyl (C=O) groups excluding carboxylic acids is 1. The largest absolute Gasteiger partial charge is 0.462 e. The van der Waals surface area contributed by atoms with Gasteiger partial charge in [0.15, 0.2) is 0 Å². The van der Waals surface area contributed by atoms with Crippen molar-refractivity contribution in [2.75, 3.05) is 6.61 Å². The smallest absolute Gasteiger partial charge is 0.333 e. The Hall–Kier alpha value is -0.613. The number of carbonyl (C=O) groups is 1. The molecule has 0 unspecified atom stereocenters. The zero-order valence-electron chi connectivity index (χ0n) is 7.09. The van der Waals surface area contributed by atoms with Crippen molar-refractivity contribution >= 4 is 16.5 Å². The summed E-state index contributed by atoms with van der Waals surface area (Å²) in [4.78, 5) is 17.7. The summed E-state index contributed by atoms with van der Waals surface area (Å²) in [5, 5.41) is 0. The van der Waals surface area contributed by atoms with Crippen LogP contribution in [0, 0.1) is 6.92 Å². The van der Waals surface area contributed by atoms with Crippen molar-refractivity contribution in [3.8, 4) is 0 Å². The molecule has 0 saturated carbocycles. The molecule has 0 bridgehead atoms. The van der Waals surface area contributed by atoms with Crippen molar-refractivity contribution in [2.24, 2.45) is 0 Å². The van der Waals surface area contributed by atoms with Crippen LogP contribution in [-0.2, 0) is 9.53 Å². The van der Waals surface area contributed by atoms with Gasteiger partial charge in [-0.25, -0.2) is 4.79 Å². The second kappa shape index (κ2) is 9.39. The maximum Gasteiger partial charge on any atom is 0.333 e. The maximum absolute atomic E-state index is 10.6. The monoisotopic (exact) mass is 175 g/mol. The molecule has 0 aliphatic heterocycles. The van der Waals surface area contributed by atoms with Gasteiger partial charge in [0, 0.05) is 5.57 Å². The summed E-state index contributed by atoms with van der Waals surface area (Å²) in [6, 6.07) is 0. The first kappa shape index (κ1) is 13.0. The Morgan fingerprint density at radius 2 is 2.09 bits per heavy atom. The lowest BCUT2D eigenvalue weighted by Crippen LogP contribution is -2.04. The minimum absolute atomic E-state index is 0.306. The van der Waals surface area contributed by atoms with Crippen molar-refractivity contribution in [1.82, 2.24) is 0 Å². The Labute approximate surface area is 70.6 Å². The number of hydrogen-bond donors (Lipinski definition) is 1. The van der Waals surface area contributed by atoms with E-state index in [9.17, 15) is 4.79 Å². The average Bonchev–Trinajstić information content (AvgIpc) is 2.03. The first-order valence-electron chi connectivity index (χ1n) is 3.25. The summed E-state index contributed by atoms with van der Waals surface area (Å²) in [5.41, 5.74) is 0.434. The minimum Gasteiger partial charge on any atom is -0.462 e. The fourth-order valence-electron chi connectivity index (χ4n) is 0.288. The van der Waals surface area contributed by atoms with E-state index in [1.807, 2.05) is 0 Å². The number of ether oxygens (including phenoxy) is 1. The lowest BCUT2D eigenvalue weighted by molar-refractivity contribution is -0.138. The normalized spacial score (nSPS) is 7.91. The van der Waals surface area contributed by atoms with Crippen LogP contribution in [0.2, 0.25) is 0 Å². The highest BCUT2D eigenvalue weighted by Gasteiger charge is 1.99. The molecule has 1 radical (unpaired) electrons. The highest BCUT2D eigenvalue weighted by atomic mass is 28.2. The predicted molar refractivity (Wildman–Crippen MR) is 47.9 cm³/mol. The molecule has 0 fully saturated rings. The van der Waals surface area contributed by atoms with Gasteiger partial charge in [0.25, 0.3) is 0 Å². The second-order valence-electron chi connectivity index (χ2n) is 1.77. The zero-order chi connectivity index (χ0) is 9.28. The van der Waals surface area contributed by atoms with Crippen LogP contribution in [0.25, 0.3) is 0 Å². The molecule has 4 heteroatoms. The summed E-state index contributed by atoms with van der Waals surface area (Å²) in [6.45, 7) is 8.92. The highest BCUT2D eigenvalue weighted by molar-refractivity contribution is 5.95. The van der Waals surface area contributed by atoms with E-state index in [1.165, 1.54) is 0 Å². The summed E-state index contributed by atoms with van der Waals surface area (Å²) >= 11 is 0. The van der Waals surface area contributed by atoms with E-state index in [2.05, 4.69) is 18.2 Å². The first-order chi connectivity index (χ1) is 5.18. The maximum atomic E-state index is 10.6. The molecule has 0 aromatic carbocycles. The van der Waals surface area contributed by atoms with Gasteiger partial charge in [-0.1, -0.05) is 6.58 Å². The van der Waals surface area contributed by atoms with E-state index < -0.39 is 0 Å². The van der Waals surface area contributed by atoms with Crippen molar-refractivity contribution in [3.63, 3.8) is 0 Å². The lowest BCUT2D eigenvalue weighted by atomic mass is 10.4. The lowest BCUT2D eigenvalue weighted by Gasteiger charge is -1.99. The van der Waals surface area contributed by atoms with Gasteiger partial charge >= 0.3 is 5.97 Å². The molecular weight excluding hydrogens is 160 g/mol. The molecule has 0 aromatic rings. The van der Waals surface area contributed by atoms with Crippen LogP contribution >= 0.6 is 0 Å². The van der Waals surface area contributed by atoms with Gasteiger partial charge in [0.05, 0.1) is 6.61 Å². The molecule has 0 aliphatic rings. The first-order valence-corrected chi connectivity index (χ1v) is 4.14. The third-order valence-electron chi connectivity index (χ3n) is 0.726. The second-order valence-corrected chi connectivity index (χ2v) is 1.77. The van der Waals surface area contributed by atoms with Crippen LogP contribution in [0.3, 0.4) is 0 Å². The van der Waals surface area contributed by atoms with Crippen molar-refractivity contribution in [3.05, 3.63) is 19.1 Å². The molecule has 0 rings (SSSR count). The predicted octanol–water partition coefficient (Wildman–Crippen LogP) is -0.411. The molecule has 0 saturated heterocycles. The molecule has 3 nitrogen and oxygen atoms in total. The number of rotatable bonds is 3. The van der Waals surface area contributed by atoms with Crippen LogP contribution in [-0.4, -0.2) is 27.9 Å². The molecule has 0 aromatic heterocycles. The number of esters is 1. The average molecular weight is 175 g/mol. The third-order valence-corrected chi connectivity index (χ3v) is 0.726. The molecule has 0 aliphatic carbocycles. The van der Waals surface area contributed by atoms with Gasteiger partial charge < -0.3 is 9.53 Å². The minimum atomic E-state index is -0.335. The van der Waals surface area contributed by atoms with Gasteiger partial charge in [-0.15, -0.1) is 0 Å². The quantitative estimate of drug-likeness (QED) is 0.360. The number of hydrogen-bond acceptors (Lipinski definition) is 3. The van der Waals surface area contributed by atoms with Gasteiger partial charge in [-0.05, 0) is 20.3 Å². The summed E-state index contributed by atoms with van der Waals surface area (Å²) in [5.74, 6) is -0.335. The Morgan fingerprint density at radius 3 is 2.36 bits per heavy atom. The van der Waals surface area contributed by atoms with Crippen LogP contribution in [0.1, 0.15) is 13.3 Å². The van der Waals surface area contributed by atoms with Crippen LogP contribution < -0.4 is 0 Å². The fourth-order valence-corrected chi connectivity index (χ4v) is 0.288. The Bertz CT molecular complexity index is 123. The molecule has 0 heterocycles.